The van der Waals surface area contributed by atoms with Crippen molar-refractivity contribution in [3.8, 4) is 0 Å². The van der Waals surface area contributed by atoms with Gasteiger partial charge in [0.2, 0.25) is 0 Å². The molecular formula is C9H15N3. The molecule has 3 heteroatoms. The molecule has 1 aromatic heterocycles. The minimum absolute atomic E-state index is 0.252. The van der Waals surface area contributed by atoms with Crippen LogP contribution < -0.4 is 5.73 Å². The second kappa shape index (κ2) is 2.33. The molecule has 1 fully saturated rings. The number of nitrogens with two attached hydrogens (primary N) is 1. The van der Waals surface area contributed by atoms with Gasteiger partial charge in [-0.15, -0.1) is 0 Å². The molecule has 1 atom stereocenters. The lowest BCUT2D eigenvalue weighted by Crippen LogP contribution is -2.31. The highest BCUT2D eigenvalue weighted by atomic mass is 15.2. The van der Waals surface area contributed by atoms with Crippen molar-refractivity contribution in [2.75, 3.05) is 0 Å². The van der Waals surface area contributed by atoms with E-state index in [0.717, 1.165) is 0 Å². The number of hydrogen-bond donors (Lipinski definition) is 1. The topological polar surface area (TPSA) is 43.8 Å². The van der Waals surface area contributed by atoms with Crippen molar-refractivity contribution in [1.29, 1.82) is 0 Å². The molecule has 0 radical (unpaired) electrons. The molecule has 0 aromatic carbocycles. The van der Waals surface area contributed by atoms with Crippen molar-refractivity contribution < 1.29 is 0 Å². The second-order valence-corrected chi connectivity index (χ2v) is 3.85. The highest BCUT2D eigenvalue weighted by molar-refractivity contribution is 5.29. The van der Waals surface area contributed by atoms with E-state index in [1.54, 1.807) is 0 Å². The van der Waals surface area contributed by atoms with Crippen LogP contribution in [0.15, 0.2) is 12.4 Å². The summed E-state index contributed by atoms with van der Waals surface area (Å²) in [7, 11) is 1.95. The molecule has 0 aliphatic heterocycles. The molecule has 0 spiro atoms. The molecule has 1 saturated carbocycles. The lowest BCUT2D eigenvalue weighted by molar-refractivity contribution is 0.556. The van der Waals surface area contributed by atoms with Gasteiger partial charge in [0.25, 0.3) is 0 Å². The number of aromatic nitrogens is 2. The molecule has 0 amide bonds. The molecule has 12 heavy (non-hydrogen) atoms. The Morgan fingerprint density at radius 3 is 2.67 bits per heavy atom. The van der Waals surface area contributed by atoms with Gasteiger partial charge in [0.1, 0.15) is 0 Å². The van der Waals surface area contributed by atoms with Gasteiger partial charge in [0, 0.05) is 24.7 Å². The van der Waals surface area contributed by atoms with Crippen LogP contribution in [-0.4, -0.2) is 15.8 Å². The average Bonchev–Trinajstić information content (AvgIpc) is 2.71. The maximum Gasteiger partial charge on any atom is 0.0527 e. The van der Waals surface area contributed by atoms with Crippen LogP contribution in [0.5, 0.6) is 0 Å². The van der Waals surface area contributed by atoms with E-state index in [1.165, 1.54) is 18.4 Å². The van der Waals surface area contributed by atoms with E-state index in [1.807, 2.05) is 17.9 Å². The molecule has 66 valence electrons. The Morgan fingerprint density at radius 2 is 2.33 bits per heavy atom. The summed E-state index contributed by atoms with van der Waals surface area (Å²) in [4.78, 5) is 0. The van der Waals surface area contributed by atoms with Crippen LogP contribution in [0.2, 0.25) is 0 Å². The van der Waals surface area contributed by atoms with Gasteiger partial charge < -0.3 is 5.73 Å². The van der Waals surface area contributed by atoms with E-state index in [0.29, 0.717) is 0 Å². The fourth-order valence-corrected chi connectivity index (χ4v) is 1.82. The van der Waals surface area contributed by atoms with E-state index in [4.69, 9.17) is 5.73 Å². The first kappa shape index (κ1) is 7.80. The zero-order valence-electron chi connectivity index (χ0n) is 7.62. The Bertz CT molecular complexity index is 284. The van der Waals surface area contributed by atoms with Crippen molar-refractivity contribution in [3.05, 3.63) is 18.0 Å². The van der Waals surface area contributed by atoms with Crippen LogP contribution in [0.4, 0.5) is 0 Å². The predicted molar refractivity (Wildman–Crippen MR) is 47.8 cm³/mol. The lowest BCUT2D eigenvalue weighted by Gasteiger charge is -2.17. The summed E-state index contributed by atoms with van der Waals surface area (Å²) in [6.07, 6.45) is 6.46. The maximum atomic E-state index is 5.94. The number of hydrogen-bond acceptors (Lipinski definition) is 2. The highest BCUT2D eigenvalue weighted by Gasteiger charge is 2.48. The number of aryl methyl sites for hydroxylation is 1. The summed E-state index contributed by atoms with van der Waals surface area (Å²) in [6, 6.07) is 0.252. The van der Waals surface area contributed by atoms with E-state index >= 15 is 0 Å². The summed E-state index contributed by atoms with van der Waals surface area (Å²) in [5, 5.41) is 4.17. The van der Waals surface area contributed by atoms with Crippen LogP contribution in [0.3, 0.4) is 0 Å². The van der Waals surface area contributed by atoms with Gasteiger partial charge in [0.15, 0.2) is 0 Å². The van der Waals surface area contributed by atoms with Crippen molar-refractivity contribution in [1.82, 2.24) is 9.78 Å². The zero-order valence-corrected chi connectivity index (χ0v) is 7.62. The minimum atomic E-state index is 0.252. The van der Waals surface area contributed by atoms with Gasteiger partial charge in [-0.2, -0.15) is 5.10 Å². The SMILES string of the molecule is CC(N)C1(c2cnn(C)c2)CC1. The molecule has 2 rings (SSSR count). The third-order valence-electron chi connectivity index (χ3n) is 2.94. The molecule has 0 bridgehead atoms. The third kappa shape index (κ3) is 0.966. The average molecular weight is 165 g/mol. The molecule has 1 heterocycles. The van der Waals surface area contributed by atoms with Crippen LogP contribution in [0.1, 0.15) is 25.3 Å². The van der Waals surface area contributed by atoms with Gasteiger partial charge in [0.05, 0.1) is 6.20 Å². The first-order chi connectivity index (χ1) is 5.65. The van der Waals surface area contributed by atoms with Gasteiger partial charge >= 0.3 is 0 Å². The quantitative estimate of drug-likeness (QED) is 0.704. The summed E-state index contributed by atoms with van der Waals surface area (Å²) in [5.74, 6) is 0. The van der Waals surface area contributed by atoms with E-state index in [2.05, 4.69) is 18.2 Å². The van der Waals surface area contributed by atoms with Gasteiger partial charge in [-0.25, -0.2) is 0 Å². The van der Waals surface area contributed by atoms with Crippen molar-refractivity contribution in [2.45, 2.75) is 31.2 Å². The van der Waals surface area contributed by atoms with Gasteiger partial charge in [-0.1, -0.05) is 0 Å². The normalized spacial score (nSPS) is 22.2. The minimum Gasteiger partial charge on any atom is -0.327 e. The molecule has 2 N–H and O–H groups in total. The first-order valence-electron chi connectivity index (χ1n) is 4.40. The molecule has 1 aromatic rings. The third-order valence-corrected chi connectivity index (χ3v) is 2.94. The Balaban J connectivity index is 2.30. The van der Waals surface area contributed by atoms with E-state index in [-0.39, 0.29) is 11.5 Å². The van der Waals surface area contributed by atoms with Crippen LogP contribution in [0.25, 0.3) is 0 Å². The maximum absolute atomic E-state index is 5.94. The fraction of sp³-hybridized carbons (Fsp3) is 0.667. The lowest BCUT2D eigenvalue weighted by atomic mass is 9.92. The summed E-state index contributed by atoms with van der Waals surface area (Å²) < 4.78 is 1.85. The predicted octanol–water partition coefficient (Wildman–Crippen LogP) is 0.799. The second-order valence-electron chi connectivity index (χ2n) is 3.85. The molecule has 1 aliphatic rings. The van der Waals surface area contributed by atoms with Crippen molar-refractivity contribution >= 4 is 0 Å². The van der Waals surface area contributed by atoms with E-state index in [9.17, 15) is 0 Å². The molecular weight excluding hydrogens is 150 g/mol. The van der Waals surface area contributed by atoms with Gasteiger partial charge in [-0.05, 0) is 25.3 Å². The standard InChI is InChI=1S/C9H15N3/c1-7(10)9(3-4-9)8-5-11-12(2)6-8/h5-7H,3-4,10H2,1-2H3. The van der Waals surface area contributed by atoms with Crippen LogP contribution in [-0.2, 0) is 12.5 Å². The Kier molecular flexibility index (Phi) is 1.51. The van der Waals surface area contributed by atoms with Crippen LogP contribution >= 0.6 is 0 Å². The Labute approximate surface area is 72.6 Å². The molecule has 0 saturated heterocycles. The van der Waals surface area contributed by atoms with Crippen molar-refractivity contribution in [3.63, 3.8) is 0 Å². The molecule has 1 unspecified atom stereocenters. The Hall–Kier alpha value is -0.830. The molecule has 1 aliphatic carbocycles. The largest absolute Gasteiger partial charge is 0.327 e. The number of nitrogens with zero attached hydrogens (tertiary/aromatic N) is 2. The summed E-state index contributed by atoms with van der Waals surface area (Å²) >= 11 is 0. The molecule has 3 nitrogen and oxygen atoms in total. The van der Waals surface area contributed by atoms with Crippen LogP contribution in [0, 0.1) is 0 Å². The van der Waals surface area contributed by atoms with Crippen molar-refractivity contribution in [2.24, 2.45) is 12.8 Å². The monoisotopic (exact) mass is 165 g/mol. The van der Waals surface area contributed by atoms with E-state index < -0.39 is 0 Å². The summed E-state index contributed by atoms with van der Waals surface area (Å²) in [5.41, 5.74) is 7.50. The highest BCUT2D eigenvalue weighted by Crippen LogP contribution is 2.49. The fourth-order valence-electron chi connectivity index (χ4n) is 1.82. The smallest absolute Gasteiger partial charge is 0.0527 e. The Morgan fingerprint density at radius 1 is 1.67 bits per heavy atom. The summed E-state index contributed by atoms with van der Waals surface area (Å²) in [6.45, 7) is 2.08. The number of rotatable bonds is 2. The van der Waals surface area contributed by atoms with Gasteiger partial charge in [-0.3, -0.25) is 4.68 Å². The zero-order chi connectivity index (χ0) is 8.77. The first-order valence-corrected chi connectivity index (χ1v) is 4.40.